The molecule has 4 fully saturated rings. The summed E-state index contributed by atoms with van der Waals surface area (Å²) < 4.78 is 43.7. The van der Waals surface area contributed by atoms with E-state index in [1.165, 1.54) is 24.2 Å². The molecular weight excluding hydrogens is 472 g/mol. The Hall–Kier alpha value is -0.290. The Labute approximate surface area is 175 Å². The minimum Gasteiger partial charge on any atom is -0.377 e. The van der Waals surface area contributed by atoms with Crippen LogP contribution in [0.5, 0.6) is 0 Å². The maximum Gasteiger partial charge on any atom is 0.401 e. The van der Waals surface area contributed by atoms with E-state index in [2.05, 4.69) is 15.6 Å². The fourth-order valence-electron chi connectivity index (χ4n) is 5.44. The molecule has 0 bridgehead atoms. The van der Waals surface area contributed by atoms with Crippen LogP contribution in [0, 0.1) is 11.3 Å². The first-order chi connectivity index (χ1) is 12.4. The summed E-state index contributed by atoms with van der Waals surface area (Å²) >= 11 is 0. The number of nitrogens with zero attached hydrogens (tertiary/aromatic N) is 2. The molecule has 2 heterocycles. The highest BCUT2D eigenvalue weighted by Gasteiger charge is 2.66. The Morgan fingerprint density at radius 1 is 1.26 bits per heavy atom. The number of halogens is 4. The molecule has 0 aromatic carbocycles. The first kappa shape index (κ1) is 21.4. The molecule has 2 N–H and O–H groups in total. The zero-order chi connectivity index (χ0) is 18.4. The van der Waals surface area contributed by atoms with Crippen molar-refractivity contribution in [1.29, 1.82) is 0 Å². The van der Waals surface area contributed by atoms with Gasteiger partial charge in [-0.1, -0.05) is 6.42 Å². The number of likely N-dealkylation sites (tertiary alicyclic amines) is 1. The maximum absolute atomic E-state index is 12.6. The lowest BCUT2D eigenvalue weighted by Gasteiger charge is -2.63. The lowest BCUT2D eigenvalue weighted by atomic mass is 9.46. The molecule has 2 aliphatic carbocycles. The number of hydrogen-bond donors (Lipinski definition) is 2. The van der Waals surface area contributed by atoms with Gasteiger partial charge in [-0.15, -0.1) is 24.0 Å². The van der Waals surface area contributed by atoms with E-state index in [-0.39, 0.29) is 35.4 Å². The molecule has 4 rings (SSSR count). The molecule has 1 spiro atoms. The predicted octanol–water partition coefficient (Wildman–Crippen LogP) is 2.75. The van der Waals surface area contributed by atoms with Gasteiger partial charge in [0, 0.05) is 49.7 Å². The lowest BCUT2D eigenvalue weighted by molar-refractivity contribution is -0.171. The van der Waals surface area contributed by atoms with Gasteiger partial charge in [-0.3, -0.25) is 9.89 Å². The van der Waals surface area contributed by atoms with Crippen molar-refractivity contribution in [3.8, 4) is 0 Å². The van der Waals surface area contributed by atoms with Crippen molar-refractivity contribution >= 4 is 29.9 Å². The normalized spacial score (nSPS) is 35.2. The number of aliphatic imine (C=N–C) groups is 1. The number of fused-ring (bicyclic) bond motifs is 2. The van der Waals surface area contributed by atoms with Crippen LogP contribution in [-0.2, 0) is 4.74 Å². The van der Waals surface area contributed by atoms with Gasteiger partial charge in [0.15, 0.2) is 5.96 Å². The van der Waals surface area contributed by atoms with Gasteiger partial charge in [0.1, 0.15) is 0 Å². The zero-order valence-electron chi connectivity index (χ0n) is 15.7. The third-order valence-electron chi connectivity index (χ3n) is 6.66. The average Bonchev–Trinajstić information content (AvgIpc) is 3.10. The number of guanidine groups is 1. The summed E-state index contributed by atoms with van der Waals surface area (Å²) in [5.41, 5.74) is 0.259. The van der Waals surface area contributed by atoms with Gasteiger partial charge >= 0.3 is 6.18 Å². The molecule has 0 amide bonds. The van der Waals surface area contributed by atoms with Crippen LogP contribution in [0.2, 0.25) is 0 Å². The van der Waals surface area contributed by atoms with E-state index in [0.717, 1.165) is 19.0 Å². The van der Waals surface area contributed by atoms with Crippen LogP contribution in [-0.4, -0.2) is 68.0 Å². The molecular formula is C18H30F3IN4O. The topological polar surface area (TPSA) is 48.9 Å². The molecule has 2 saturated heterocycles. The Kier molecular flexibility index (Phi) is 6.52. The minimum atomic E-state index is -4.13. The van der Waals surface area contributed by atoms with E-state index in [0.29, 0.717) is 44.1 Å². The Morgan fingerprint density at radius 2 is 2.04 bits per heavy atom. The van der Waals surface area contributed by atoms with Crippen LogP contribution in [0.4, 0.5) is 13.2 Å². The third-order valence-corrected chi connectivity index (χ3v) is 6.66. The molecule has 5 nitrogen and oxygen atoms in total. The van der Waals surface area contributed by atoms with E-state index >= 15 is 0 Å². The Bertz CT molecular complexity index is 555. The molecule has 4 unspecified atom stereocenters. The summed E-state index contributed by atoms with van der Waals surface area (Å²) in [6.07, 6.45) is 1.73. The number of nitrogens with one attached hydrogen (secondary N) is 2. The highest BCUT2D eigenvalue weighted by atomic mass is 127. The van der Waals surface area contributed by atoms with Gasteiger partial charge in [0.05, 0.1) is 12.6 Å². The molecule has 0 aromatic heterocycles. The van der Waals surface area contributed by atoms with E-state index in [1.807, 2.05) is 6.92 Å². The second-order valence-corrected chi connectivity index (χ2v) is 8.26. The third kappa shape index (κ3) is 4.19. The Balaban J connectivity index is 0.00000210. The van der Waals surface area contributed by atoms with Gasteiger partial charge in [-0.05, 0) is 32.6 Å². The van der Waals surface area contributed by atoms with Crippen LogP contribution in [0.3, 0.4) is 0 Å². The molecule has 0 radical (unpaired) electrons. The molecule has 2 saturated carbocycles. The monoisotopic (exact) mass is 502 g/mol. The SMILES string of the molecule is CCN=C(NC1CCN(CC(F)(F)F)C1)NC1C2CCOC2C12CCC2.I. The van der Waals surface area contributed by atoms with E-state index in [9.17, 15) is 13.2 Å². The maximum atomic E-state index is 12.6. The highest BCUT2D eigenvalue weighted by molar-refractivity contribution is 14.0. The Morgan fingerprint density at radius 3 is 2.67 bits per heavy atom. The summed E-state index contributed by atoms with van der Waals surface area (Å²) in [4.78, 5) is 6.03. The van der Waals surface area contributed by atoms with E-state index in [4.69, 9.17) is 4.74 Å². The molecule has 2 aliphatic heterocycles. The van der Waals surface area contributed by atoms with Crippen LogP contribution < -0.4 is 10.6 Å². The quantitative estimate of drug-likeness (QED) is 0.353. The van der Waals surface area contributed by atoms with Gasteiger partial charge < -0.3 is 15.4 Å². The number of alkyl halides is 3. The summed E-state index contributed by atoms with van der Waals surface area (Å²) in [6.45, 7) is 3.54. The minimum absolute atomic E-state index is 0. The van der Waals surface area contributed by atoms with Gasteiger partial charge in [-0.2, -0.15) is 13.2 Å². The molecule has 4 aliphatic rings. The lowest BCUT2D eigenvalue weighted by Crippen LogP contribution is -2.72. The smallest absolute Gasteiger partial charge is 0.377 e. The summed E-state index contributed by atoms with van der Waals surface area (Å²) in [6, 6.07) is 0.400. The first-order valence-corrected chi connectivity index (χ1v) is 9.89. The van der Waals surface area contributed by atoms with Crippen LogP contribution in [0.15, 0.2) is 4.99 Å². The van der Waals surface area contributed by atoms with Gasteiger partial charge in [0.2, 0.25) is 0 Å². The summed E-state index contributed by atoms with van der Waals surface area (Å²) in [5, 5.41) is 7.01. The van der Waals surface area contributed by atoms with Crippen LogP contribution in [0.1, 0.15) is 39.0 Å². The molecule has 9 heteroatoms. The van der Waals surface area contributed by atoms with Crippen molar-refractivity contribution in [1.82, 2.24) is 15.5 Å². The van der Waals surface area contributed by atoms with Gasteiger partial charge in [-0.25, -0.2) is 0 Å². The van der Waals surface area contributed by atoms with Crippen molar-refractivity contribution in [3.63, 3.8) is 0 Å². The second kappa shape index (κ2) is 8.22. The van der Waals surface area contributed by atoms with Gasteiger partial charge in [0.25, 0.3) is 0 Å². The fourth-order valence-corrected chi connectivity index (χ4v) is 5.44. The fraction of sp³-hybridized carbons (Fsp3) is 0.944. The molecule has 0 aromatic rings. The first-order valence-electron chi connectivity index (χ1n) is 9.89. The zero-order valence-corrected chi connectivity index (χ0v) is 18.1. The van der Waals surface area contributed by atoms with Crippen molar-refractivity contribution in [3.05, 3.63) is 0 Å². The van der Waals surface area contributed by atoms with E-state index in [1.54, 1.807) is 0 Å². The van der Waals surface area contributed by atoms with Crippen molar-refractivity contribution in [2.75, 3.05) is 32.8 Å². The standard InChI is InChI=1S/C18H29F3N4O.HI/c1-2-22-16(23-12-4-8-25(10-12)11-18(19,20)21)24-14-13-5-9-26-15(13)17(14)6-3-7-17;/h12-15H,2-11H2,1H3,(H2,22,23,24);1H. The van der Waals surface area contributed by atoms with Crippen LogP contribution in [0.25, 0.3) is 0 Å². The van der Waals surface area contributed by atoms with Crippen LogP contribution >= 0.6 is 24.0 Å². The van der Waals surface area contributed by atoms with Crippen molar-refractivity contribution in [2.24, 2.45) is 16.3 Å². The van der Waals surface area contributed by atoms with Crippen molar-refractivity contribution < 1.29 is 17.9 Å². The average molecular weight is 502 g/mol. The molecule has 27 heavy (non-hydrogen) atoms. The predicted molar refractivity (Wildman–Crippen MR) is 108 cm³/mol. The molecule has 156 valence electrons. The largest absolute Gasteiger partial charge is 0.401 e. The van der Waals surface area contributed by atoms with E-state index < -0.39 is 12.7 Å². The number of ether oxygens (including phenoxy) is 1. The summed E-state index contributed by atoms with van der Waals surface area (Å²) in [7, 11) is 0. The van der Waals surface area contributed by atoms with Crippen molar-refractivity contribution in [2.45, 2.75) is 63.4 Å². The number of hydrogen-bond acceptors (Lipinski definition) is 3. The molecule has 4 atom stereocenters. The highest BCUT2D eigenvalue weighted by Crippen LogP contribution is 2.62. The second-order valence-electron chi connectivity index (χ2n) is 8.26. The summed E-state index contributed by atoms with van der Waals surface area (Å²) in [5.74, 6) is 1.30. The number of rotatable bonds is 4.